The lowest BCUT2D eigenvalue weighted by Gasteiger charge is -2.31. The van der Waals surface area contributed by atoms with Gasteiger partial charge in [0.15, 0.2) is 5.84 Å². The molecule has 7 heteroatoms. The molecule has 1 aromatic rings. The maximum absolute atomic E-state index is 12.2. The molecule has 0 atom stereocenters. The van der Waals surface area contributed by atoms with E-state index in [2.05, 4.69) is 10.5 Å². The van der Waals surface area contributed by atoms with Gasteiger partial charge in [0.2, 0.25) is 0 Å². The van der Waals surface area contributed by atoms with Gasteiger partial charge in [-0.1, -0.05) is 30.6 Å². The fourth-order valence-electron chi connectivity index (χ4n) is 1.93. The van der Waals surface area contributed by atoms with E-state index >= 15 is 0 Å². The summed E-state index contributed by atoms with van der Waals surface area (Å²) in [7, 11) is 0. The predicted molar refractivity (Wildman–Crippen MR) is 77.3 cm³/mol. The van der Waals surface area contributed by atoms with Crippen molar-refractivity contribution in [3.63, 3.8) is 0 Å². The molecule has 0 saturated heterocycles. The average molecular weight is 300 g/mol. The molecule has 1 rings (SSSR count). The normalized spacial score (nSPS) is 12.2. The molecule has 0 spiro atoms. The Morgan fingerprint density at radius 1 is 1.45 bits per heavy atom. The molecule has 1 aromatic carbocycles. The molecule has 6 nitrogen and oxygen atoms in total. The molecular formula is C13H18ClN3O3. The van der Waals surface area contributed by atoms with E-state index in [1.807, 2.05) is 13.8 Å². The Bertz CT molecular complexity index is 528. The van der Waals surface area contributed by atoms with Gasteiger partial charge in [-0.25, -0.2) is 0 Å². The molecule has 110 valence electrons. The van der Waals surface area contributed by atoms with E-state index in [9.17, 15) is 9.90 Å². The molecule has 20 heavy (non-hydrogen) atoms. The number of nitrogens with two attached hydrogens (primary N) is 1. The maximum atomic E-state index is 12.2. The van der Waals surface area contributed by atoms with Gasteiger partial charge >= 0.3 is 0 Å². The lowest BCUT2D eigenvalue weighted by atomic mass is 9.91. The molecule has 0 aliphatic rings. The van der Waals surface area contributed by atoms with E-state index in [0.717, 1.165) is 0 Å². The summed E-state index contributed by atoms with van der Waals surface area (Å²) in [6, 6.07) is 4.19. The van der Waals surface area contributed by atoms with Crippen molar-refractivity contribution in [3.8, 4) is 5.75 Å². The molecule has 0 unspecified atom stereocenters. The highest BCUT2D eigenvalue weighted by atomic mass is 35.5. The molecule has 0 fully saturated rings. The summed E-state index contributed by atoms with van der Waals surface area (Å²) in [4.78, 5) is 12.2. The minimum Gasteiger partial charge on any atom is -0.507 e. The van der Waals surface area contributed by atoms with Gasteiger partial charge in [-0.15, -0.1) is 0 Å². The number of phenolic OH excluding ortho intramolecular Hbond substituents is 1. The van der Waals surface area contributed by atoms with Crippen LogP contribution in [0.2, 0.25) is 5.02 Å². The minimum atomic E-state index is -0.960. The number of oxime groups is 1. The van der Waals surface area contributed by atoms with Crippen LogP contribution < -0.4 is 11.1 Å². The van der Waals surface area contributed by atoms with Gasteiger partial charge in [-0.05, 0) is 31.0 Å². The summed E-state index contributed by atoms with van der Waals surface area (Å²) < 4.78 is 0. The standard InChI is InChI=1S/C13H18ClN3O3/c1-3-13(4-2,12(15)17-20)16-11(19)9-6-5-8(14)7-10(9)18/h5-7,18,20H,3-4H2,1-2H3,(H2,15,17)(H,16,19). The van der Waals surface area contributed by atoms with Gasteiger partial charge in [-0.3, -0.25) is 4.79 Å². The van der Waals surface area contributed by atoms with E-state index in [4.69, 9.17) is 22.5 Å². The lowest BCUT2D eigenvalue weighted by Crippen LogP contribution is -2.56. The lowest BCUT2D eigenvalue weighted by molar-refractivity contribution is 0.0915. The summed E-state index contributed by atoms with van der Waals surface area (Å²) in [5, 5.41) is 24.6. The van der Waals surface area contributed by atoms with Crippen LogP contribution in [-0.2, 0) is 0 Å². The van der Waals surface area contributed by atoms with Crippen LogP contribution in [0.1, 0.15) is 37.0 Å². The Kier molecular flexibility index (Phi) is 5.21. The fourth-order valence-corrected chi connectivity index (χ4v) is 2.10. The van der Waals surface area contributed by atoms with Gasteiger partial charge in [0.1, 0.15) is 11.3 Å². The van der Waals surface area contributed by atoms with Gasteiger partial charge in [0.25, 0.3) is 5.91 Å². The van der Waals surface area contributed by atoms with Crippen LogP contribution in [0, 0.1) is 0 Å². The number of nitrogens with one attached hydrogen (secondary N) is 1. The second-order valence-corrected chi connectivity index (χ2v) is 4.83. The molecule has 0 aromatic heterocycles. The fraction of sp³-hybridized carbons (Fsp3) is 0.385. The Balaban J connectivity index is 3.09. The van der Waals surface area contributed by atoms with Gasteiger partial charge < -0.3 is 21.4 Å². The molecule has 1 amide bonds. The average Bonchev–Trinajstić information content (AvgIpc) is 2.43. The summed E-state index contributed by atoms with van der Waals surface area (Å²) in [6.45, 7) is 3.62. The van der Waals surface area contributed by atoms with Crippen LogP contribution >= 0.6 is 11.6 Å². The Hall–Kier alpha value is -1.95. The first-order valence-corrected chi connectivity index (χ1v) is 6.57. The molecule has 0 bridgehead atoms. The molecule has 0 radical (unpaired) electrons. The van der Waals surface area contributed by atoms with E-state index in [0.29, 0.717) is 17.9 Å². The number of phenols is 1. The first-order chi connectivity index (χ1) is 9.40. The smallest absolute Gasteiger partial charge is 0.255 e. The minimum absolute atomic E-state index is 0.0754. The molecule has 0 aliphatic carbocycles. The monoisotopic (exact) mass is 299 g/mol. The quantitative estimate of drug-likeness (QED) is 0.289. The zero-order valence-electron chi connectivity index (χ0n) is 11.4. The van der Waals surface area contributed by atoms with E-state index in [1.165, 1.54) is 18.2 Å². The third-order valence-electron chi connectivity index (χ3n) is 3.36. The number of nitrogens with zero attached hydrogens (tertiary/aromatic N) is 1. The van der Waals surface area contributed by atoms with Crippen LogP contribution in [0.5, 0.6) is 5.75 Å². The highest BCUT2D eigenvalue weighted by Gasteiger charge is 2.34. The van der Waals surface area contributed by atoms with Crippen LogP contribution in [-0.4, -0.2) is 27.6 Å². The number of amidine groups is 1. The number of halogens is 1. The highest BCUT2D eigenvalue weighted by Crippen LogP contribution is 2.23. The molecule has 0 heterocycles. The second-order valence-electron chi connectivity index (χ2n) is 4.39. The zero-order valence-corrected chi connectivity index (χ0v) is 12.1. The topological polar surface area (TPSA) is 108 Å². The van der Waals surface area contributed by atoms with Gasteiger partial charge in [0, 0.05) is 5.02 Å². The number of carbonyl (C=O) groups is 1. The van der Waals surface area contributed by atoms with Crippen molar-refractivity contribution < 1.29 is 15.1 Å². The predicted octanol–water partition coefficient (Wildman–Crippen LogP) is 2.08. The van der Waals surface area contributed by atoms with Crippen LogP contribution in [0.15, 0.2) is 23.4 Å². The molecule has 0 saturated carbocycles. The number of hydrogen-bond donors (Lipinski definition) is 4. The third kappa shape index (κ3) is 3.14. The Labute approximate surface area is 122 Å². The third-order valence-corrected chi connectivity index (χ3v) is 3.60. The Morgan fingerprint density at radius 3 is 2.50 bits per heavy atom. The van der Waals surface area contributed by atoms with Crippen molar-refractivity contribution in [2.75, 3.05) is 0 Å². The molecule has 0 aliphatic heterocycles. The van der Waals surface area contributed by atoms with E-state index < -0.39 is 11.4 Å². The zero-order chi connectivity index (χ0) is 15.3. The summed E-state index contributed by atoms with van der Waals surface area (Å²) >= 11 is 5.72. The van der Waals surface area contributed by atoms with Gasteiger partial charge in [0.05, 0.1) is 5.56 Å². The van der Waals surface area contributed by atoms with Crippen molar-refractivity contribution >= 4 is 23.3 Å². The molecule has 5 N–H and O–H groups in total. The van der Waals surface area contributed by atoms with Crippen LogP contribution in [0.3, 0.4) is 0 Å². The Morgan fingerprint density at radius 2 is 2.05 bits per heavy atom. The number of carbonyl (C=O) groups excluding carboxylic acids is 1. The second kappa shape index (κ2) is 6.47. The SMILES string of the molecule is CCC(CC)(NC(=O)c1ccc(Cl)cc1O)/C(N)=N/O. The van der Waals surface area contributed by atoms with Crippen LogP contribution in [0.4, 0.5) is 0 Å². The van der Waals surface area contributed by atoms with Crippen molar-refractivity contribution in [1.82, 2.24) is 5.32 Å². The van der Waals surface area contributed by atoms with E-state index in [1.54, 1.807) is 0 Å². The van der Waals surface area contributed by atoms with Crippen molar-refractivity contribution in [2.45, 2.75) is 32.2 Å². The number of aromatic hydroxyl groups is 1. The summed E-state index contributed by atoms with van der Waals surface area (Å²) in [6.07, 6.45) is 0.888. The first-order valence-electron chi connectivity index (χ1n) is 6.19. The van der Waals surface area contributed by atoms with Crippen LogP contribution in [0.25, 0.3) is 0 Å². The largest absolute Gasteiger partial charge is 0.507 e. The summed E-state index contributed by atoms with van der Waals surface area (Å²) in [5.41, 5.74) is 4.78. The number of amides is 1. The van der Waals surface area contributed by atoms with Crippen molar-refractivity contribution in [1.29, 1.82) is 0 Å². The number of hydrogen-bond acceptors (Lipinski definition) is 4. The van der Waals surface area contributed by atoms with Crippen molar-refractivity contribution in [2.24, 2.45) is 10.9 Å². The number of benzene rings is 1. The van der Waals surface area contributed by atoms with E-state index in [-0.39, 0.29) is 17.1 Å². The summed E-state index contributed by atoms with van der Waals surface area (Å²) in [5.74, 6) is -0.825. The molecular weight excluding hydrogens is 282 g/mol. The van der Waals surface area contributed by atoms with Crippen molar-refractivity contribution in [3.05, 3.63) is 28.8 Å². The maximum Gasteiger partial charge on any atom is 0.255 e. The first kappa shape index (κ1) is 16.1. The van der Waals surface area contributed by atoms with Gasteiger partial charge in [-0.2, -0.15) is 0 Å². The highest BCUT2D eigenvalue weighted by molar-refractivity contribution is 6.30. The number of rotatable bonds is 5.